The summed E-state index contributed by atoms with van der Waals surface area (Å²) in [6, 6.07) is 7.22. The van der Waals surface area contributed by atoms with Crippen LogP contribution in [0.25, 0.3) is 0 Å². The second-order valence-corrected chi connectivity index (χ2v) is 10.5. The average Bonchev–Trinajstić information content (AvgIpc) is 3.53. The Hall–Kier alpha value is -3.23. The lowest BCUT2D eigenvalue weighted by atomic mass is 9.77. The molecule has 2 aromatic carbocycles. The van der Waals surface area contributed by atoms with Gasteiger partial charge < -0.3 is 24.4 Å². The molecule has 1 amide bonds. The van der Waals surface area contributed by atoms with Crippen LogP contribution in [0, 0.1) is 19.3 Å². The molecule has 2 aromatic rings. The second-order valence-electron chi connectivity index (χ2n) is 10.5. The average molecular weight is 491 g/mol. The highest BCUT2D eigenvalue weighted by Gasteiger charge is 2.49. The van der Waals surface area contributed by atoms with Crippen molar-refractivity contribution in [2.24, 2.45) is 5.41 Å². The molecule has 6 rings (SSSR count). The fraction of sp³-hybridized carbons (Fsp3) is 0.464. The number of hydrogen-bond donors (Lipinski definition) is 1. The summed E-state index contributed by atoms with van der Waals surface area (Å²) in [5, 5.41) is 11.0. The van der Waals surface area contributed by atoms with Gasteiger partial charge in [0, 0.05) is 29.9 Å². The van der Waals surface area contributed by atoms with Gasteiger partial charge >= 0.3 is 11.9 Å². The molecule has 1 atom stereocenters. The third-order valence-corrected chi connectivity index (χ3v) is 8.75. The Morgan fingerprint density at radius 2 is 1.44 bits per heavy atom. The van der Waals surface area contributed by atoms with Crippen LogP contribution in [-0.4, -0.2) is 54.0 Å². The van der Waals surface area contributed by atoms with Crippen LogP contribution < -0.4 is 4.90 Å². The van der Waals surface area contributed by atoms with Crippen LogP contribution in [0.15, 0.2) is 24.3 Å². The van der Waals surface area contributed by atoms with Crippen molar-refractivity contribution in [3.63, 3.8) is 0 Å². The van der Waals surface area contributed by atoms with E-state index in [1.54, 1.807) is 12.1 Å². The number of ether oxygens (including phenoxy) is 2. The fourth-order valence-electron chi connectivity index (χ4n) is 6.38. The number of anilines is 1. The van der Waals surface area contributed by atoms with Crippen LogP contribution in [0.3, 0.4) is 0 Å². The summed E-state index contributed by atoms with van der Waals surface area (Å²) in [6.45, 7) is 7.07. The molecule has 2 fully saturated rings. The zero-order valence-electron chi connectivity index (χ0n) is 20.6. The van der Waals surface area contributed by atoms with E-state index >= 15 is 0 Å². The summed E-state index contributed by atoms with van der Waals surface area (Å²) in [4.78, 5) is 41.5. The molecule has 2 saturated heterocycles. The zero-order chi connectivity index (χ0) is 25.2. The third-order valence-electron chi connectivity index (χ3n) is 8.75. The lowest BCUT2D eigenvalue weighted by Gasteiger charge is -2.39. The van der Waals surface area contributed by atoms with Gasteiger partial charge in [-0.15, -0.1) is 0 Å². The van der Waals surface area contributed by atoms with Gasteiger partial charge in [-0.1, -0.05) is 6.07 Å². The van der Waals surface area contributed by atoms with Crippen LogP contribution in [0.5, 0.6) is 0 Å². The highest BCUT2D eigenvalue weighted by atomic mass is 16.5. The number of piperidine rings is 1. The van der Waals surface area contributed by atoms with E-state index in [0.29, 0.717) is 24.2 Å². The molecule has 8 heteroatoms. The van der Waals surface area contributed by atoms with Crippen LogP contribution >= 0.6 is 0 Å². The highest BCUT2D eigenvalue weighted by molar-refractivity contribution is 6.02. The van der Waals surface area contributed by atoms with E-state index in [9.17, 15) is 19.5 Å². The molecule has 0 bridgehead atoms. The minimum absolute atomic E-state index is 0.162. The van der Waals surface area contributed by atoms with Crippen molar-refractivity contribution in [2.75, 3.05) is 31.1 Å². The summed E-state index contributed by atoms with van der Waals surface area (Å²) in [6.07, 6.45) is 1.65. The first kappa shape index (κ1) is 23.2. The molecule has 0 aliphatic carbocycles. The van der Waals surface area contributed by atoms with Crippen LogP contribution in [0.2, 0.25) is 0 Å². The molecule has 4 heterocycles. The summed E-state index contributed by atoms with van der Waals surface area (Å²) in [7, 11) is 0. The SMILES string of the molecule is Cc1c([C@@H](O)CN2CCC3(CC2)CCN(c2ccc4c(c2C)COC4=O)C3=O)ccc2c1COC2=O. The molecule has 1 spiro atoms. The molecular formula is C28H30N2O6. The van der Waals surface area contributed by atoms with E-state index in [2.05, 4.69) is 4.90 Å². The maximum Gasteiger partial charge on any atom is 0.338 e. The second kappa shape index (κ2) is 8.42. The largest absolute Gasteiger partial charge is 0.457 e. The molecular weight excluding hydrogens is 460 g/mol. The molecule has 36 heavy (non-hydrogen) atoms. The molecule has 0 radical (unpaired) electrons. The van der Waals surface area contributed by atoms with E-state index in [-0.39, 0.29) is 36.5 Å². The zero-order valence-corrected chi connectivity index (χ0v) is 20.6. The maximum atomic E-state index is 13.6. The number of nitrogens with zero attached hydrogens (tertiary/aromatic N) is 2. The van der Waals surface area contributed by atoms with Gasteiger partial charge in [0.05, 0.1) is 22.6 Å². The molecule has 0 saturated carbocycles. The number of carbonyl (C=O) groups excluding carboxylic acids is 3. The number of β-amino-alcohol motifs (C(OH)–C–C–N with tert-alkyl or cyclic N) is 1. The highest BCUT2D eigenvalue weighted by Crippen LogP contribution is 2.45. The minimum atomic E-state index is -0.671. The van der Waals surface area contributed by atoms with Crippen LogP contribution in [0.4, 0.5) is 5.69 Å². The smallest absolute Gasteiger partial charge is 0.338 e. The van der Waals surface area contributed by atoms with E-state index < -0.39 is 6.10 Å². The van der Waals surface area contributed by atoms with E-state index in [1.165, 1.54) is 0 Å². The van der Waals surface area contributed by atoms with Crippen molar-refractivity contribution in [1.29, 1.82) is 0 Å². The van der Waals surface area contributed by atoms with Gasteiger partial charge in [-0.25, -0.2) is 9.59 Å². The van der Waals surface area contributed by atoms with Gasteiger partial charge in [0.25, 0.3) is 0 Å². The Morgan fingerprint density at radius 1 is 0.861 bits per heavy atom. The first-order valence-corrected chi connectivity index (χ1v) is 12.6. The summed E-state index contributed by atoms with van der Waals surface area (Å²) >= 11 is 0. The standard InChI is InChI=1S/C28H30N2O6/c1-16-18(3-4-19-21(16)14-35-25(19)32)24(31)13-29-10-7-28(8-11-29)9-12-30(27(28)34)23-6-5-20-22(17(23)2)15-36-26(20)33/h3-6,24,31H,7-15H2,1-2H3/t24-/m0/s1. The van der Waals surface area contributed by atoms with Crippen molar-refractivity contribution < 1.29 is 29.0 Å². The van der Waals surface area contributed by atoms with Crippen molar-refractivity contribution in [2.45, 2.75) is 52.4 Å². The Labute approximate surface area is 209 Å². The van der Waals surface area contributed by atoms with Crippen LogP contribution in [0.1, 0.15) is 73.9 Å². The number of aliphatic hydroxyl groups excluding tert-OH is 1. The summed E-state index contributed by atoms with van der Waals surface area (Å²) in [5.74, 6) is -0.437. The Bertz CT molecular complexity index is 1290. The van der Waals surface area contributed by atoms with Crippen molar-refractivity contribution in [1.82, 2.24) is 4.90 Å². The van der Waals surface area contributed by atoms with Crippen molar-refractivity contribution in [3.8, 4) is 0 Å². The van der Waals surface area contributed by atoms with Gasteiger partial charge in [-0.3, -0.25) is 4.79 Å². The quantitative estimate of drug-likeness (QED) is 0.658. The number of likely N-dealkylation sites (tertiary alicyclic amines) is 1. The monoisotopic (exact) mass is 490 g/mol. The topological polar surface area (TPSA) is 96.4 Å². The Kier molecular flexibility index (Phi) is 5.42. The van der Waals surface area contributed by atoms with Crippen molar-refractivity contribution in [3.05, 3.63) is 63.2 Å². The van der Waals surface area contributed by atoms with E-state index in [1.807, 2.05) is 30.9 Å². The molecule has 4 aliphatic heterocycles. The van der Waals surface area contributed by atoms with Crippen LogP contribution in [-0.2, 0) is 27.5 Å². The molecule has 4 aliphatic rings. The Morgan fingerprint density at radius 3 is 2.11 bits per heavy atom. The minimum Gasteiger partial charge on any atom is -0.457 e. The predicted octanol–water partition coefficient (Wildman–Crippen LogP) is 3.20. The summed E-state index contributed by atoms with van der Waals surface area (Å²) < 4.78 is 10.3. The number of hydrogen-bond acceptors (Lipinski definition) is 7. The number of carbonyl (C=O) groups is 3. The number of cyclic esters (lactones) is 2. The van der Waals surface area contributed by atoms with Gasteiger partial charge in [0.15, 0.2) is 0 Å². The predicted molar refractivity (Wildman–Crippen MR) is 131 cm³/mol. The molecule has 8 nitrogen and oxygen atoms in total. The van der Waals surface area contributed by atoms with E-state index in [0.717, 1.165) is 65.9 Å². The third kappa shape index (κ3) is 3.46. The lowest BCUT2D eigenvalue weighted by molar-refractivity contribution is -0.128. The van der Waals surface area contributed by atoms with Gasteiger partial charge in [0.1, 0.15) is 13.2 Å². The number of fused-ring (bicyclic) bond motifs is 2. The Balaban J connectivity index is 1.12. The van der Waals surface area contributed by atoms with Gasteiger partial charge in [-0.2, -0.15) is 0 Å². The molecule has 0 aromatic heterocycles. The van der Waals surface area contributed by atoms with Gasteiger partial charge in [0.2, 0.25) is 5.91 Å². The number of aliphatic hydroxyl groups is 1. The molecule has 188 valence electrons. The molecule has 1 N–H and O–H groups in total. The fourth-order valence-corrected chi connectivity index (χ4v) is 6.38. The lowest BCUT2D eigenvalue weighted by Crippen LogP contribution is -2.45. The first-order valence-electron chi connectivity index (χ1n) is 12.6. The van der Waals surface area contributed by atoms with E-state index in [4.69, 9.17) is 9.47 Å². The number of amides is 1. The first-order chi connectivity index (χ1) is 17.3. The molecule has 0 unspecified atom stereocenters. The number of esters is 2. The number of benzene rings is 2. The normalized spacial score (nSPS) is 21.5. The number of rotatable bonds is 4. The maximum absolute atomic E-state index is 13.6. The van der Waals surface area contributed by atoms with Gasteiger partial charge in [-0.05, 0) is 81.1 Å². The van der Waals surface area contributed by atoms with Crippen molar-refractivity contribution >= 4 is 23.5 Å². The summed E-state index contributed by atoms with van der Waals surface area (Å²) in [5.41, 5.74) is 6.12.